The van der Waals surface area contributed by atoms with E-state index in [1.165, 1.54) is 0 Å². The molecule has 0 spiro atoms. The quantitative estimate of drug-likeness (QED) is 0.284. The molecule has 104 valence electrons. The van der Waals surface area contributed by atoms with Crippen molar-refractivity contribution in [1.29, 1.82) is 0 Å². The first-order chi connectivity index (χ1) is 9.45. The lowest BCUT2D eigenvalue weighted by Crippen LogP contribution is -2.19. The van der Waals surface area contributed by atoms with Gasteiger partial charge in [-0.15, -0.1) is 0 Å². The fraction of sp³-hybridized carbons (Fsp3) is 0. The highest BCUT2D eigenvalue weighted by Crippen LogP contribution is 2.37. The Morgan fingerprint density at radius 2 is 1.40 bits per heavy atom. The van der Waals surface area contributed by atoms with Crippen LogP contribution in [0.1, 0.15) is 0 Å². The lowest BCUT2D eigenvalue weighted by atomic mass is 10.2. The van der Waals surface area contributed by atoms with Crippen molar-refractivity contribution in [2.24, 2.45) is 0 Å². The number of carbonyl (C=O) groups is 1. The van der Waals surface area contributed by atoms with Crippen molar-refractivity contribution in [3.05, 3.63) is 36.4 Å². The predicted molar refractivity (Wildman–Crippen MR) is 74.9 cm³/mol. The van der Waals surface area contributed by atoms with Gasteiger partial charge in [-0.3, -0.25) is 0 Å². The van der Waals surface area contributed by atoms with Gasteiger partial charge in [0.1, 0.15) is 0 Å². The standard InChI is InChI=1S/C13H13N3O4/c14-7-1-3-8(4-2-7)15-13(20)16-9-5-10(17)12(19)11(18)6-9/h1-6,17-19H,14H2,(H2,15,16,20). The number of nitrogens with two attached hydrogens (primary N) is 1. The second-order valence-electron chi connectivity index (χ2n) is 4.06. The van der Waals surface area contributed by atoms with Crippen LogP contribution in [0.3, 0.4) is 0 Å². The normalized spacial score (nSPS) is 10.0. The molecular weight excluding hydrogens is 262 g/mol. The van der Waals surface area contributed by atoms with Crippen LogP contribution in [0.25, 0.3) is 0 Å². The monoisotopic (exact) mass is 275 g/mol. The largest absolute Gasteiger partial charge is 0.504 e. The number of nitrogens with one attached hydrogen (secondary N) is 2. The van der Waals surface area contributed by atoms with Gasteiger partial charge in [0.15, 0.2) is 17.2 Å². The number of benzene rings is 2. The average Bonchev–Trinajstić information content (AvgIpc) is 2.38. The Morgan fingerprint density at radius 1 is 0.900 bits per heavy atom. The van der Waals surface area contributed by atoms with Crippen molar-refractivity contribution in [2.75, 3.05) is 16.4 Å². The minimum absolute atomic E-state index is 0.130. The molecule has 0 aliphatic rings. The van der Waals surface area contributed by atoms with Crippen LogP contribution in [0.2, 0.25) is 0 Å². The number of phenolic OH excluding ortho intramolecular Hbond substituents is 3. The van der Waals surface area contributed by atoms with E-state index in [4.69, 9.17) is 5.73 Å². The van der Waals surface area contributed by atoms with Crippen LogP contribution in [0.4, 0.5) is 21.9 Å². The maximum Gasteiger partial charge on any atom is 0.323 e. The molecule has 0 aromatic heterocycles. The van der Waals surface area contributed by atoms with Gasteiger partial charge in [0.2, 0.25) is 0 Å². The van der Waals surface area contributed by atoms with Crippen molar-refractivity contribution in [3.63, 3.8) is 0 Å². The van der Waals surface area contributed by atoms with E-state index < -0.39 is 23.3 Å². The van der Waals surface area contributed by atoms with E-state index >= 15 is 0 Å². The molecule has 2 rings (SSSR count). The molecule has 0 aliphatic heterocycles. The average molecular weight is 275 g/mol. The van der Waals surface area contributed by atoms with Crippen LogP contribution < -0.4 is 16.4 Å². The van der Waals surface area contributed by atoms with Gasteiger partial charge in [-0.2, -0.15) is 0 Å². The fourth-order valence-electron chi connectivity index (χ4n) is 1.54. The lowest BCUT2D eigenvalue weighted by Gasteiger charge is -2.09. The van der Waals surface area contributed by atoms with E-state index in [1.54, 1.807) is 24.3 Å². The highest BCUT2D eigenvalue weighted by atomic mass is 16.3. The number of urea groups is 1. The molecule has 20 heavy (non-hydrogen) atoms. The summed E-state index contributed by atoms with van der Waals surface area (Å²) in [5, 5.41) is 32.8. The molecule has 2 amide bonds. The second-order valence-corrected chi connectivity index (χ2v) is 4.06. The molecular formula is C13H13N3O4. The highest BCUT2D eigenvalue weighted by Gasteiger charge is 2.10. The second kappa shape index (κ2) is 5.27. The number of rotatable bonds is 2. The molecule has 0 saturated carbocycles. The first-order valence-electron chi connectivity index (χ1n) is 5.64. The Bertz CT molecular complexity index is 618. The van der Waals surface area contributed by atoms with E-state index in [-0.39, 0.29) is 5.69 Å². The molecule has 0 radical (unpaired) electrons. The number of hydrogen-bond donors (Lipinski definition) is 6. The maximum atomic E-state index is 11.7. The third kappa shape index (κ3) is 3.02. The van der Waals surface area contributed by atoms with Crippen LogP contribution in [0, 0.1) is 0 Å². The minimum atomic E-state index is -0.644. The molecule has 2 aromatic rings. The molecule has 7 heteroatoms. The van der Waals surface area contributed by atoms with Crippen molar-refractivity contribution < 1.29 is 20.1 Å². The molecule has 0 atom stereocenters. The van der Waals surface area contributed by atoms with Crippen molar-refractivity contribution in [3.8, 4) is 17.2 Å². The Labute approximate surface area is 114 Å². The number of amides is 2. The molecule has 2 aromatic carbocycles. The van der Waals surface area contributed by atoms with Crippen LogP contribution in [-0.2, 0) is 0 Å². The van der Waals surface area contributed by atoms with E-state index in [1.807, 2.05) is 0 Å². The van der Waals surface area contributed by atoms with Gasteiger partial charge in [0.25, 0.3) is 0 Å². The van der Waals surface area contributed by atoms with Gasteiger partial charge in [-0.05, 0) is 24.3 Å². The topological polar surface area (TPSA) is 128 Å². The van der Waals surface area contributed by atoms with E-state index in [2.05, 4.69) is 10.6 Å². The summed E-state index contributed by atoms with van der Waals surface area (Å²) in [6.45, 7) is 0. The summed E-state index contributed by atoms with van der Waals surface area (Å²) in [4.78, 5) is 11.7. The molecule has 0 fully saturated rings. The van der Waals surface area contributed by atoms with Crippen LogP contribution in [0.15, 0.2) is 36.4 Å². The Morgan fingerprint density at radius 3 is 1.95 bits per heavy atom. The molecule has 0 saturated heterocycles. The van der Waals surface area contributed by atoms with Gasteiger partial charge in [-0.25, -0.2) is 4.79 Å². The molecule has 7 N–H and O–H groups in total. The van der Waals surface area contributed by atoms with Gasteiger partial charge in [-0.1, -0.05) is 0 Å². The van der Waals surface area contributed by atoms with Gasteiger partial charge in [0, 0.05) is 23.5 Å². The van der Waals surface area contributed by atoms with Crippen LogP contribution >= 0.6 is 0 Å². The summed E-state index contributed by atoms with van der Waals surface area (Å²) in [7, 11) is 0. The molecule has 0 heterocycles. The molecule has 0 bridgehead atoms. The lowest BCUT2D eigenvalue weighted by molar-refractivity contribution is 0.262. The third-order valence-electron chi connectivity index (χ3n) is 2.50. The maximum absolute atomic E-state index is 11.7. The number of aromatic hydroxyl groups is 3. The van der Waals surface area contributed by atoms with Gasteiger partial charge < -0.3 is 31.7 Å². The number of phenols is 3. The van der Waals surface area contributed by atoms with Gasteiger partial charge in [0.05, 0.1) is 5.69 Å². The predicted octanol–water partition coefficient (Wildman–Crippen LogP) is 2.03. The van der Waals surface area contributed by atoms with E-state index in [0.29, 0.717) is 11.4 Å². The zero-order chi connectivity index (χ0) is 14.7. The van der Waals surface area contributed by atoms with Crippen molar-refractivity contribution in [1.82, 2.24) is 0 Å². The zero-order valence-electron chi connectivity index (χ0n) is 10.3. The first kappa shape index (κ1) is 13.3. The Balaban J connectivity index is 2.06. The van der Waals surface area contributed by atoms with Crippen LogP contribution in [0.5, 0.6) is 17.2 Å². The summed E-state index contributed by atoms with van der Waals surface area (Å²) in [5.74, 6) is -1.71. The summed E-state index contributed by atoms with van der Waals surface area (Å²) in [5.41, 5.74) is 6.76. The summed E-state index contributed by atoms with van der Waals surface area (Å²) >= 11 is 0. The fourth-order valence-corrected chi connectivity index (χ4v) is 1.54. The molecule has 0 unspecified atom stereocenters. The first-order valence-corrected chi connectivity index (χ1v) is 5.64. The van der Waals surface area contributed by atoms with E-state index in [0.717, 1.165) is 12.1 Å². The Kier molecular flexibility index (Phi) is 3.52. The van der Waals surface area contributed by atoms with Crippen LogP contribution in [-0.4, -0.2) is 21.4 Å². The number of carbonyl (C=O) groups excluding carboxylic acids is 1. The van der Waals surface area contributed by atoms with Crippen molar-refractivity contribution >= 4 is 23.1 Å². The molecule has 0 aliphatic carbocycles. The molecule has 7 nitrogen and oxygen atoms in total. The number of anilines is 3. The number of nitrogen functional groups attached to an aromatic ring is 1. The third-order valence-corrected chi connectivity index (χ3v) is 2.50. The summed E-state index contributed by atoms with van der Waals surface area (Å²) in [6.07, 6.45) is 0. The van der Waals surface area contributed by atoms with E-state index in [9.17, 15) is 20.1 Å². The SMILES string of the molecule is Nc1ccc(NC(=O)Nc2cc(O)c(O)c(O)c2)cc1. The smallest absolute Gasteiger partial charge is 0.323 e. The zero-order valence-corrected chi connectivity index (χ0v) is 10.3. The van der Waals surface area contributed by atoms with Gasteiger partial charge >= 0.3 is 6.03 Å². The number of hydrogen-bond acceptors (Lipinski definition) is 5. The highest BCUT2D eigenvalue weighted by molar-refractivity contribution is 6.00. The Hall–Kier alpha value is -3.09. The minimum Gasteiger partial charge on any atom is -0.504 e. The summed E-state index contributed by atoms with van der Waals surface area (Å²) < 4.78 is 0. The van der Waals surface area contributed by atoms with Crippen molar-refractivity contribution in [2.45, 2.75) is 0 Å². The summed E-state index contributed by atoms with van der Waals surface area (Å²) in [6, 6.07) is 8.16.